The predicted molar refractivity (Wildman–Crippen MR) is 104 cm³/mol. The van der Waals surface area contributed by atoms with Gasteiger partial charge >= 0.3 is 0 Å². The number of hydrogen-bond donors (Lipinski definition) is 2. The van der Waals surface area contributed by atoms with Crippen LogP contribution in [0.3, 0.4) is 0 Å². The molecule has 3 N–H and O–H groups in total. The number of carbonyl (C=O) groups excluding carboxylic acids is 2. The smallest absolute Gasteiger partial charge is 0.265 e. The Bertz CT molecular complexity index is 996. The Kier molecular flexibility index (Phi) is 5.38. The van der Waals surface area contributed by atoms with E-state index < -0.39 is 29.0 Å². The lowest BCUT2D eigenvalue weighted by Gasteiger charge is -2.16. The highest BCUT2D eigenvalue weighted by Crippen LogP contribution is 2.35. The fraction of sp³-hybridized carbons (Fsp3) is 0.235. The molecule has 0 fully saturated rings. The van der Waals surface area contributed by atoms with E-state index in [0.717, 1.165) is 29.0 Å². The Morgan fingerprint density at radius 1 is 1.15 bits per heavy atom. The third-order valence-corrected chi connectivity index (χ3v) is 6.13. The maximum Gasteiger partial charge on any atom is 0.265 e. The predicted octanol–water partition coefficient (Wildman–Crippen LogP) is 3.83. The third kappa shape index (κ3) is 3.76. The molecule has 0 bridgehead atoms. The Morgan fingerprint density at radius 3 is 2.44 bits per heavy atom. The largest absolute Gasteiger partial charge is 0.366 e. The average molecular weight is 410 g/mol. The molecule has 0 aliphatic carbocycles. The van der Waals surface area contributed by atoms with Crippen molar-refractivity contribution < 1.29 is 18.4 Å². The van der Waals surface area contributed by atoms with Gasteiger partial charge in [0.1, 0.15) is 16.5 Å². The molecule has 3 rings (SSSR count). The highest BCUT2D eigenvalue weighted by Gasteiger charge is 2.19. The number of thiazole rings is 1. The molecule has 1 aromatic carbocycles. The first-order chi connectivity index (χ1) is 12.8. The summed E-state index contributed by atoms with van der Waals surface area (Å²) in [4.78, 5) is 31.3. The van der Waals surface area contributed by atoms with E-state index in [1.807, 2.05) is 13.8 Å². The first-order valence-corrected chi connectivity index (χ1v) is 9.72. The van der Waals surface area contributed by atoms with Crippen LogP contribution in [0.15, 0.2) is 18.2 Å². The van der Waals surface area contributed by atoms with Crippen LogP contribution in [0.1, 0.15) is 33.9 Å². The molecule has 27 heavy (non-hydrogen) atoms. The quantitative estimate of drug-likeness (QED) is 0.646. The van der Waals surface area contributed by atoms with E-state index in [1.165, 1.54) is 22.7 Å². The summed E-state index contributed by atoms with van der Waals surface area (Å²) >= 11 is 2.65. The number of anilines is 2. The van der Waals surface area contributed by atoms with Crippen LogP contribution in [0.2, 0.25) is 0 Å². The maximum atomic E-state index is 13.9. The van der Waals surface area contributed by atoms with Crippen molar-refractivity contribution in [2.24, 2.45) is 5.73 Å². The number of nitrogens with two attached hydrogens (primary N) is 1. The standard InChI is InChI=1S/C17H16F2N4O2S2/c1-3-23(4-2)17-22-16-13(27-17)7-12(26-16)15(25)21-11-5-8(14(20)24)9(18)6-10(11)19/h5-7H,3-4H2,1-2H3,(H2,20,24)(H,21,25). The average Bonchev–Trinajstić information content (AvgIpc) is 3.17. The second kappa shape index (κ2) is 7.57. The number of rotatable bonds is 6. The molecule has 3 aromatic rings. The molecule has 0 unspecified atom stereocenters. The van der Waals surface area contributed by atoms with Crippen molar-refractivity contribution >= 4 is 54.8 Å². The van der Waals surface area contributed by atoms with Gasteiger partial charge in [-0.15, -0.1) is 11.3 Å². The van der Waals surface area contributed by atoms with Crippen molar-refractivity contribution in [2.75, 3.05) is 23.3 Å². The Labute approximate surface area is 161 Å². The van der Waals surface area contributed by atoms with Crippen molar-refractivity contribution in [1.82, 2.24) is 4.98 Å². The van der Waals surface area contributed by atoms with E-state index in [4.69, 9.17) is 5.73 Å². The van der Waals surface area contributed by atoms with Crippen molar-refractivity contribution in [3.8, 4) is 0 Å². The molecule has 0 saturated heterocycles. The SMILES string of the molecule is CCN(CC)c1nc2sc(C(=O)Nc3cc(C(N)=O)c(F)cc3F)cc2s1. The molecular formula is C17H16F2N4O2S2. The zero-order valence-electron chi connectivity index (χ0n) is 14.5. The molecule has 0 atom stereocenters. The number of nitrogens with zero attached hydrogens (tertiary/aromatic N) is 2. The third-order valence-electron chi connectivity index (χ3n) is 3.91. The zero-order valence-corrected chi connectivity index (χ0v) is 16.1. The topological polar surface area (TPSA) is 88.3 Å². The summed E-state index contributed by atoms with van der Waals surface area (Å²) < 4.78 is 28.3. The van der Waals surface area contributed by atoms with Crippen LogP contribution in [0.5, 0.6) is 0 Å². The Hall–Kier alpha value is -2.59. The van der Waals surface area contributed by atoms with Crippen molar-refractivity contribution in [2.45, 2.75) is 13.8 Å². The molecule has 0 aliphatic heterocycles. The van der Waals surface area contributed by atoms with Crippen LogP contribution in [0.4, 0.5) is 19.6 Å². The van der Waals surface area contributed by atoms with Crippen LogP contribution in [0, 0.1) is 11.6 Å². The van der Waals surface area contributed by atoms with Crippen LogP contribution in [0.25, 0.3) is 9.53 Å². The van der Waals surface area contributed by atoms with E-state index in [-0.39, 0.29) is 5.69 Å². The number of carbonyl (C=O) groups is 2. The van der Waals surface area contributed by atoms with Crippen LogP contribution < -0.4 is 16.0 Å². The van der Waals surface area contributed by atoms with Gasteiger partial charge in [-0.2, -0.15) is 0 Å². The van der Waals surface area contributed by atoms with Gasteiger partial charge in [-0.3, -0.25) is 9.59 Å². The number of benzene rings is 1. The minimum Gasteiger partial charge on any atom is -0.366 e. The maximum absolute atomic E-state index is 13.9. The zero-order chi connectivity index (χ0) is 19.7. The van der Waals surface area contributed by atoms with E-state index in [0.29, 0.717) is 15.8 Å². The summed E-state index contributed by atoms with van der Waals surface area (Å²) in [5, 5.41) is 3.23. The number of amides is 2. The lowest BCUT2D eigenvalue weighted by molar-refractivity contribution is 0.0992. The molecule has 0 aliphatic rings. The molecular weight excluding hydrogens is 394 g/mol. The fourth-order valence-electron chi connectivity index (χ4n) is 2.48. The molecule has 2 aromatic heterocycles. The minimum atomic E-state index is -1.08. The monoisotopic (exact) mass is 410 g/mol. The molecule has 142 valence electrons. The van der Waals surface area contributed by atoms with Crippen molar-refractivity contribution in [1.29, 1.82) is 0 Å². The van der Waals surface area contributed by atoms with Gasteiger partial charge < -0.3 is 16.0 Å². The molecule has 0 saturated carbocycles. The second-order valence-electron chi connectivity index (χ2n) is 5.58. The van der Waals surface area contributed by atoms with Gasteiger partial charge in [-0.1, -0.05) is 11.3 Å². The van der Waals surface area contributed by atoms with Gasteiger partial charge in [-0.05, 0) is 26.0 Å². The lowest BCUT2D eigenvalue weighted by atomic mass is 10.1. The number of primary amides is 1. The van der Waals surface area contributed by atoms with E-state index in [1.54, 1.807) is 6.07 Å². The number of hydrogen-bond acceptors (Lipinski definition) is 6. The van der Waals surface area contributed by atoms with E-state index >= 15 is 0 Å². The van der Waals surface area contributed by atoms with Gasteiger partial charge in [0.15, 0.2) is 5.13 Å². The number of fused-ring (bicyclic) bond motifs is 1. The van der Waals surface area contributed by atoms with E-state index in [9.17, 15) is 18.4 Å². The summed E-state index contributed by atoms with van der Waals surface area (Å²) in [7, 11) is 0. The van der Waals surface area contributed by atoms with Gasteiger partial charge in [0.2, 0.25) is 0 Å². The summed E-state index contributed by atoms with van der Waals surface area (Å²) in [5.41, 5.74) is 4.24. The Balaban J connectivity index is 1.85. The van der Waals surface area contributed by atoms with Crippen LogP contribution in [-0.4, -0.2) is 29.9 Å². The number of nitrogens with one attached hydrogen (secondary N) is 1. The summed E-state index contributed by atoms with van der Waals surface area (Å²) in [6.07, 6.45) is 0. The van der Waals surface area contributed by atoms with E-state index in [2.05, 4.69) is 15.2 Å². The van der Waals surface area contributed by atoms with Crippen LogP contribution >= 0.6 is 22.7 Å². The normalized spacial score (nSPS) is 11.0. The Morgan fingerprint density at radius 2 is 1.85 bits per heavy atom. The number of aromatic nitrogens is 1. The van der Waals surface area contributed by atoms with Gasteiger partial charge in [-0.25, -0.2) is 13.8 Å². The molecule has 0 spiro atoms. The molecule has 6 nitrogen and oxygen atoms in total. The van der Waals surface area contributed by atoms with Gasteiger partial charge in [0.05, 0.1) is 20.8 Å². The molecule has 10 heteroatoms. The second-order valence-corrected chi connectivity index (χ2v) is 7.62. The summed E-state index contributed by atoms with van der Waals surface area (Å²) in [5.74, 6) is -3.70. The van der Waals surface area contributed by atoms with Crippen LogP contribution in [-0.2, 0) is 0 Å². The highest BCUT2D eigenvalue weighted by atomic mass is 32.1. The summed E-state index contributed by atoms with van der Waals surface area (Å²) in [6.45, 7) is 5.73. The first-order valence-electron chi connectivity index (χ1n) is 8.09. The van der Waals surface area contributed by atoms with Crippen molar-refractivity contribution in [3.05, 3.63) is 40.3 Å². The number of halogens is 2. The molecule has 2 heterocycles. The fourth-order valence-corrected chi connectivity index (χ4v) is 4.72. The lowest BCUT2D eigenvalue weighted by Crippen LogP contribution is -2.21. The van der Waals surface area contributed by atoms with Crippen molar-refractivity contribution in [3.63, 3.8) is 0 Å². The highest BCUT2D eigenvalue weighted by molar-refractivity contribution is 7.29. The van der Waals surface area contributed by atoms with Gasteiger partial charge in [0.25, 0.3) is 11.8 Å². The number of thiophene rings is 1. The molecule has 2 amide bonds. The molecule has 0 radical (unpaired) electrons. The summed E-state index contributed by atoms with van der Waals surface area (Å²) in [6, 6.07) is 3.08. The van der Waals surface area contributed by atoms with Gasteiger partial charge in [0, 0.05) is 19.2 Å². The first kappa shape index (κ1) is 19.2. The minimum absolute atomic E-state index is 0.316.